The molecule has 0 radical (unpaired) electrons. The predicted octanol–water partition coefficient (Wildman–Crippen LogP) is 1.77. The summed E-state index contributed by atoms with van der Waals surface area (Å²) < 4.78 is 0. The van der Waals surface area contributed by atoms with Crippen LogP contribution in [0.3, 0.4) is 0 Å². The Kier molecular flexibility index (Phi) is 1.31. The Balaban J connectivity index is 2.37. The SMILES string of the molecule is C1=c2c(cc3cc4ccccc4c2n3)NN1. The minimum Gasteiger partial charge on any atom is -0.307 e. The molecular weight excluding hydrogens is 198 g/mol. The average molecular weight is 207 g/mol. The summed E-state index contributed by atoms with van der Waals surface area (Å²) in [5.41, 5.74) is 9.31. The molecule has 4 rings (SSSR count). The molecule has 0 fully saturated rings. The fourth-order valence-electron chi connectivity index (χ4n) is 2.29. The van der Waals surface area contributed by atoms with Crippen molar-refractivity contribution in [1.29, 1.82) is 0 Å². The van der Waals surface area contributed by atoms with Crippen molar-refractivity contribution >= 4 is 33.7 Å². The average Bonchev–Trinajstić information content (AvgIpc) is 2.77. The number of fused-ring (bicyclic) bond motifs is 6. The van der Waals surface area contributed by atoms with Crippen LogP contribution in [0, 0.1) is 0 Å². The first-order chi connectivity index (χ1) is 7.92. The van der Waals surface area contributed by atoms with E-state index in [-0.39, 0.29) is 0 Å². The van der Waals surface area contributed by atoms with E-state index in [0.29, 0.717) is 0 Å². The molecule has 2 bridgehead atoms. The summed E-state index contributed by atoms with van der Waals surface area (Å²) in [4.78, 5) is 4.62. The molecule has 0 unspecified atom stereocenters. The monoisotopic (exact) mass is 207 g/mol. The molecule has 0 saturated heterocycles. The predicted molar refractivity (Wildman–Crippen MR) is 65.7 cm³/mol. The van der Waals surface area contributed by atoms with Crippen LogP contribution in [-0.2, 0) is 0 Å². The van der Waals surface area contributed by atoms with Gasteiger partial charge in [-0.3, -0.25) is 0 Å². The molecule has 0 aliphatic carbocycles. The minimum atomic E-state index is 1.01. The number of aromatic nitrogens is 1. The Morgan fingerprint density at radius 1 is 1.06 bits per heavy atom. The second kappa shape index (κ2) is 2.64. The standard InChI is InChI=1S/C13H9N3/c1-2-4-10-8(3-1)5-9-6-12-11(7-14-16-12)13(10)15-9/h1-7,14,16H. The van der Waals surface area contributed by atoms with Crippen molar-refractivity contribution in [3.63, 3.8) is 0 Å². The molecule has 3 nitrogen and oxygen atoms in total. The third kappa shape index (κ3) is 0.896. The topological polar surface area (TPSA) is 37.0 Å². The number of nitrogens with one attached hydrogen (secondary N) is 2. The largest absolute Gasteiger partial charge is 0.307 e. The molecule has 2 N–H and O–H groups in total. The number of hydrazine groups is 1. The zero-order chi connectivity index (χ0) is 10.5. The molecule has 1 aliphatic rings. The Hall–Kier alpha value is -2.29. The summed E-state index contributed by atoms with van der Waals surface area (Å²) in [5, 5.41) is 3.59. The van der Waals surface area contributed by atoms with Crippen LogP contribution in [0.1, 0.15) is 0 Å². The number of rotatable bonds is 0. The summed E-state index contributed by atoms with van der Waals surface area (Å²) in [6.07, 6.45) is 1.96. The van der Waals surface area contributed by atoms with Gasteiger partial charge in [-0.15, -0.1) is 0 Å². The van der Waals surface area contributed by atoms with Gasteiger partial charge in [0.2, 0.25) is 0 Å². The normalized spacial score (nSPS) is 13.2. The number of benzene rings is 1. The van der Waals surface area contributed by atoms with Gasteiger partial charge in [0, 0.05) is 16.8 Å². The second-order valence-electron chi connectivity index (χ2n) is 4.00. The maximum atomic E-state index is 4.62. The van der Waals surface area contributed by atoms with Gasteiger partial charge in [-0.05, 0) is 17.5 Å². The number of hydrogen-bond acceptors (Lipinski definition) is 3. The van der Waals surface area contributed by atoms with Crippen molar-refractivity contribution in [2.45, 2.75) is 0 Å². The second-order valence-corrected chi connectivity index (χ2v) is 4.00. The Morgan fingerprint density at radius 2 is 2.00 bits per heavy atom. The highest BCUT2D eigenvalue weighted by Crippen LogP contribution is 2.21. The van der Waals surface area contributed by atoms with E-state index in [9.17, 15) is 0 Å². The van der Waals surface area contributed by atoms with E-state index in [1.54, 1.807) is 0 Å². The number of hydrogen-bond donors (Lipinski definition) is 2. The summed E-state index contributed by atoms with van der Waals surface area (Å²) in [7, 11) is 0. The van der Waals surface area contributed by atoms with Crippen molar-refractivity contribution in [2.75, 3.05) is 5.43 Å². The maximum Gasteiger partial charge on any atom is 0.0824 e. The smallest absolute Gasteiger partial charge is 0.0824 e. The van der Waals surface area contributed by atoms with Gasteiger partial charge >= 0.3 is 0 Å². The van der Waals surface area contributed by atoms with Crippen LogP contribution in [0.2, 0.25) is 0 Å². The lowest BCUT2D eigenvalue weighted by atomic mass is 10.1. The highest BCUT2D eigenvalue weighted by Gasteiger charge is 2.09. The van der Waals surface area contributed by atoms with Gasteiger partial charge in [0.15, 0.2) is 0 Å². The molecule has 16 heavy (non-hydrogen) atoms. The summed E-state index contributed by atoms with van der Waals surface area (Å²) in [6, 6.07) is 12.5. The van der Waals surface area contributed by atoms with Gasteiger partial charge in [0.1, 0.15) is 0 Å². The van der Waals surface area contributed by atoms with Crippen molar-refractivity contribution in [3.05, 3.63) is 41.6 Å². The summed E-state index contributed by atoms with van der Waals surface area (Å²) in [6.45, 7) is 0. The molecule has 2 aromatic heterocycles. The highest BCUT2D eigenvalue weighted by atomic mass is 15.4. The maximum absolute atomic E-state index is 4.62. The van der Waals surface area contributed by atoms with Crippen molar-refractivity contribution in [2.24, 2.45) is 0 Å². The van der Waals surface area contributed by atoms with E-state index in [4.69, 9.17) is 0 Å². The van der Waals surface area contributed by atoms with Crippen molar-refractivity contribution in [1.82, 2.24) is 10.4 Å². The molecule has 0 spiro atoms. The lowest BCUT2D eigenvalue weighted by molar-refractivity contribution is 1.16. The first-order valence-electron chi connectivity index (χ1n) is 5.26. The highest BCUT2D eigenvalue weighted by molar-refractivity contribution is 6.00. The van der Waals surface area contributed by atoms with Crippen LogP contribution in [0.5, 0.6) is 0 Å². The molecular formula is C13H9N3. The van der Waals surface area contributed by atoms with Crippen molar-refractivity contribution in [3.8, 4) is 0 Å². The van der Waals surface area contributed by atoms with Gasteiger partial charge in [0.25, 0.3) is 0 Å². The Bertz CT molecular complexity index is 762. The zero-order valence-electron chi connectivity index (χ0n) is 8.49. The molecule has 3 heteroatoms. The number of anilines is 1. The van der Waals surface area contributed by atoms with Crippen LogP contribution in [0.15, 0.2) is 36.4 Å². The van der Waals surface area contributed by atoms with Gasteiger partial charge in [-0.2, -0.15) is 0 Å². The molecule has 0 saturated carbocycles. The number of nitrogens with zero attached hydrogens (tertiary/aromatic N) is 1. The van der Waals surface area contributed by atoms with E-state index in [2.05, 4.69) is 52.2 Å². The van der Waals surface area contributed by atoms with E-state index in [0.717, 1.165) is 21.9 Å². The van der Waals surface area contributed by atoms with Gasteiger partial charge in [0.05, 0.1) is 16.7 Å². The fourth-order valence-corrected chi connectivity index (χ4v) is 2.29. The van der Waals surface area contributed by atoms with E-state index < -0.39 is 0 Å². The van der Waals surface area contributed by atoms with Crippen molar-refractivity contribution < 1.29 is 0 Å². The Labute approximate surface area is 91.7 Å². The first kappa shape index (κ1) is 7.93. The van der Waals surface area contributed by atoms with Gasteiger partial charge in [-0.25, -0.2) is 4.98 Å². The third-order valence-electron chi connectivity index (χ3n) is 3.02. The molecule has 1 aliphatic heterocycles. The lowest BCUT2D eigenvalue weighted by Gasteiger charge is -2.05. The third-order valence-corrected chi connectivity index (χ3v) is 3.02. The van der Waals surface area contributed by atoms with E-state index in [1.807, 2.05) is 6.20 Å². The van der Waals surface area contributed by atoms with Crippen LogP contribution in [0.25, 0.3) is 28.0 Å². The van der Waals surface area contributed by atoms with E-state index >= 15 is 0 Å². The molecule has 3 aromatic rings. The van der Waals surface area contributed by atoms with Crippen LogP contribution in [0.4, 0.5) is 5.69 Å². The van der Waals surface area contributed by atoms with E-state index in [1.165, 1.54) is 10.8 Å². The molecule has 76 valence electrons. The molecule has 3 heterocycles. The van der Waals surface area contributed by atoms with Gasteiger partial charge in [-0.1, -0.05) is 24.3 Å². The van der Waals surface area contributed by atoms with Gasteiger partial charge < -0.3 is 10.9 Å². The molecule has 1 aromatic carbocycles. The van der Waals surface area contributed by atoms with Crippen LogP contribution in [-0.4, -0.2) is 4.98 Å². The first-order valence-corrected chi connectivity index (χ1v) is 5.26. The zero-order valence-corrected chi connectivity index (χ0v) is 8.49. The summed E-state index contributed by atoms with van der Waals surface area (Å²) in [5.74, 6) is 0. The Morgan fingerprint density at radius 3 is 3.00 bits per heavy atom. The lowest BCUT2D eigenvalue weighted by Crippen LogP contribution is -2.08. The molecule has 0 atom stereocenters. The van der Waals surface area contributed by atoms with Crippen LogP contribution < -0.4 is 16.1 Å². The number of pyridine rings is 2. The van der Waals surface area contributed by atoms with Crippen LogP contribution >= 0.6 is 0 Å². The molecule has 0 amide bonds. The quantitative estimate of drug-likeness (QED) is 0.590. The summed E-state index contributed by atoms with van der Waals surface area (Å²) >= 11 is 0. The fraction of sp³-hybridized carbons (Fsp3) is 0. The minimum absolute atomic E-state index is 1.01.